The van der Waals surface area contributed by atoms with Gasteiger partial charge in [0.1, 0.15) is 5.82 Å². The fourth-order valence-corrected chi connectivity index (χ4v) is 2.22. The van der Waals surface area contributed by atoms with E-state index < -0.39 is 5.82 Å². The van der Waals surface area contributed by atoms with E-state index in [1.165, 1.54) is 17.0 Å². The number of benzene rings is 1. The van der Waals surface area contributed by atoms with Crippen molar-refractivity contribution < 1.29 is 19.1 Å². The molecular weight excluding hydrogens is 277 g/mol. The first-order valence-corrected chi connectivity index (χ1v) is 6.81. The van der Waals surface area contributed by atoms with Gasteiger partial charge in [-0.15, -0.1) is 0 Å². The molecule has 1 saturated heterocycles. The summed E-state index contributed by atoms with van der Waals surface area (Å²) in [4.78, 5) is 25.0. The summed E-state index contributed by atoms with van der Waals surface area (Å²) in [5, 5.41) is 13.9. The van der Waals surface area contributed by atoms with Crippen LogP contribution in [0.3, 0.4) is 0 Å². The molecule has 3 N–H and O–H groups in total. The van der Waals surface area contributed by atoms with Crippen molar-refractivity contribution in [3.05, 3.63) is 30.1 Å². The normalized spacial score (nSPS) is 17.9. The molecule has 1 aromatic carbocycles. The van der Waals surface area contributed by atoms with Crippen LogP contribution < -0.4 is 15.5 Å². The third-order valence-electron chi connectivity index (χ3n) is 3.20. The summed E-state index contributed by atoms with van der Waals surface area (Å²) >= 11 is 0. The SMILES string of the molecule is O=C(NCCCO)NC1CC(=O)N(c2cccc(F)c2)C1. The van der Waals surface area contributed by atoms with Gasteiger partial charge in [0.2, 0.25) is 5.91 Å². The largest absolute Gasteiger partial charge is 0.396 e. The van der Waals surface area contributed by atoms with E-state index in [1.54, 1.807) is 12.1 Å². The number of halogens is 1. The Hall–Kier alpha value is -2.15. The van der Waals surface area contributed by atoms with E-state index in [2.05, 4.69) is 10.6 Å². The second kappa shape index (κ2) is 7.03. The van der Waals surface area contributed by atoms with Gasteiger partial charge in [0.15, 0.2) is 0 Å². The molecule has 6 nitrogen and oxygen atoms in total. The highest BCUT2D eigenvalue weighted by atomic mass is 19.1. The molecule has 2 rings (SSSR count). The van der Waals surface area contributed by atoms with Crippen LogP contribution in [-0.2, 0) is 4.79 Å². The Bertz CT molecular complexity index is 524. The molecule has 1 aliphatic heterocycles. The van der Waals surface area contributed by atoms with Crippen molar-refractivity contribution in [3.8, 4) is 0 Å². The van der Waals surface area contributed by atoms with E-state index in [0.717, 1.165) is 0 Å². The quantitative estimate of drug-likeness (QED) is 0.696. The number of nitrogens with one attached hydrogen (secondary N) is 2. The highest BCUT2D eigenvalue weighted by Crippen LogP contribution is 2.22. The molecule has 0 radical (unpaired) electrons. The first-order valence-electron chi connectivity index (χ1n) is 6.81. The molecule has 0 bridgehead atoms. The molecule has 7 heteroatoms. The lowest BCUT2D eigenvalue weighted by Gasteiger charge is -2.17. The average Bonchev–Trinajstić information content (AvgIpc) is 2.80. The van der Waals surface area contributed by atoms with Crippen LogP contribution in [0, 0.1) is 5.82 Å². The first-order chi connectivity index (χ1) is 10.1. The lowest BCUT2D eigenvalue weighted by molar-refractivity contribution is -0.117. The monoisotopic (exact) mass is 295 g/mol. The van der Waals surface area contributed by atoms with Crippen LogP contribution in [-0.4, -0.2) is 42.8 Å². The summed E-state index contributed by atoms with van der Waals surface area (Å²) in [6.07, 6.45) is 0.663. The van der Waals surface area contributed by atoms with Gasteiger partial charge in [-0.2, -0.15) is 0 Å². The zero-order valence-electron chi connectivity index (χ0n) is 11.5. The highest BCUT2D eigenvalue weighted by Gasteiger charge is 2.31. The molecule has 21 heavy (non-hydrogen) atoms. The van der Waals surface area contributed by atoms with Crippen LogP contribution in [0.2, 0.25) is 0 Å². The number of urea groups is 1. The molecule has 0 aliphatic carbocycles. The molecule has 1 atom stereocenters. The minimum atomic E-state index is -0.404. The van der Waals surface area contributed by atoms with Gasteiger partial charge in [0, 0.05) is 31.8 Å². The van der Waals surface area contributed by atoms with Gasteiger partial charge >= 0.3 is 6.03 Å². The number of anilines is 1. The van der Waals surface area contributed by atoms with Crippen molar-refractivity contribution in [2.45, 2.75) is 18.9 Å². The van der Waals surface area contributed by atoms with Crippen LogP contribution in [0.15, 0.2) is 24.3 Å². The second-order valence-corrected chi connectivity index (χ2v) is 4.86. The Morgan fingerprint density at radius 1 is 1.48 bits per heavy atom. The van der Waals surface area contributed by atoms with Crippen molar-refractivity contribution in [3.63, 3.8) is 0 Å². The molecule has 3 amide bonds. The average molecular weight is 295 g/mol. The number of amides is 3. The zero-order valence-corrected chi connectivity index (χ0v) is 11.5. The second-order valence-electron chi connectivity index (χ2n) is 4.86. The fourth-order valence-electron chi connectivity index (χ4n) is 2.22. The molecule has 1 fully saturated rings. The van der Waals surface area contributed by atoms with Gasteiger partial charge in [0.05, 0.1) is 6.04 Å². The maximum Gasteiger partial charge on any atom is 0.315 e. The fraction of sp³-hybridized carbons (Fsp3) is 0.429. The van der Waals surface area contributed by atoms with Crippen LogP contribution >= 0.6 is 0 Å². The third-order valence-corrected chi connectivity index (χ3v) is 3.20. The number of hydrogen-bond acceptors (Lipinski definition) is 3. The standard InChI is InChI=1S/C14H18FN3O3/c15-10-3-1-4-12(7-10)18-9-11(8-13(18)20)17-14(21)16-5-2-6-19/h1,3-4,7,11,19H,2,5-6,8-9H2,(H2,16,17,21). The summed E-state index contributed by atoms with van der Waals surface area (Å²) in [5.74, 6) is -0.556. The molecule has 1 aliphatic rings. The van der Waals surface area contributed by atoms with E-state index in [9.17, 15) is 14.0 Å². The molecule has 114 valence electrons. The van der Waals surface area contributed by atoms with Crippen molar-refractivity contribution in [1.82, 2.24) is 10.6 Å². The first kappa shape index (κ1) is 15.2. The highest BCUT2D eigenvalue weighted by molar-refractivity contribution is 5.96. The number of rotatable bonds is 5. The van der Waals surface area contributed by atoms with E-state index >= 15 is 0 Å². The summed E-state index contributed by atoms with van der Waals surface area (Å²) in [6.45, 7) is 0.696. The van der Waals surface area contributed by atoms with Gasteiger partial charge in [-0.05, 0) is 24.6 Å². The van der Waals surface area contributed by atoms with Crippen LogP contribution in [0.1, 0.15) is 12.8 Å². The maximum absolute atomic E-state index is 13.2. The molecule has 0 spiro atoms. The summed E-state index contributed by atoms with van der Waals surface area (Å²) in [6, 6.07) is 5.12. The van der Waals surface area contributed by atoms with E-state index in [4.69, 9.17) is 5.11 Å². The molecule has 0 saturated carbocycles. The number of aliphatic hydroxyl groups is 1. The predicted octanol–water partition coefficient (Wildman–Crippen LogP) is 0.613. The molecule has 1 heterocycles. The van der Waals surface area contributed by atoms with Crippen molar-refractivity contribution >= 4 is 17.6 Å². The Morgan fingerprint density at radius 2 is 2.29 bits per heavy atom. The lowest BCUT2D eigenvalue weighted by Crippen LogP contribution is -2.43. The van der Waals surface area contributed by atoms with Crippen LogP contribution in [0.25, 0.3) is 0 Å². The number of hydrogen-bond donors (Lipinski definition) is 3. The minimum Gasteiger partial charge on any atom is -0.396 e. The number of aliphatic hydroxyl groups excluding tert-OH is 1. The maximum atomic E-state index is 13.2. The van der Waals surface area contributed by atoms with Gasteiger partial charge in [-0.25, -0.2) is 9.18 Å². The summed E-state index contributed by atoms with van der Waals surface area (Å²) < 4.78 is 13.2. The van der Waals surface area contributed by atoms with Gasteiger partial charge in [-0.3, -0.25) is 4.79 Å². The van der Waals surface area contributed by atoms with Gasteiger partial charge in [-0.1, -0.05) is 6.07 Å². The number of carbonyl (C=O) groups is 2. The molecule has 0 aromatic heterocycles. The van der Waals surface area contributed by atoms with Gasteiger partial charge < -0.3 is 20.6 Å². The summed E-state index contributed by atoms with van der Waals surface area (Å²) in [7, 11) is 0. The molecular formula is C14H18FN3O3. The lowest BCUT2D eigenvalue weighted by atomic mass is 10.2. The Balaban J connectivity index is 1.89. The topological polar surface area (TPSA) is 81.7 Å². The van der Waals surface area contributed by atoms with E-state index in [1.807, 2.05) is 0 Å². The third kappa shape index (κ3) is 4.16. The smallest absolute Gasteiger partial charge is 0.315 e. The number of nitrogens with zero attached hydrogens (tertiary/aromatic N) is 1. The Labute approximate surface area is 121 Å². The van der Waals surface area contributed by atoms with Crippen molar-refractivity contribution in [2.75, 3.05) is 24.6 Å². The number of carbonyl (C=O) groups excluding carboxylic acids is 2. The minimum absolute atomic E-state index is 0.00947. The van der Waals surface area contributed by atoms with Gasteiger partial charge in [0.25, 0.3) is 0 Å². The zero-order chi connectivity index (χ0) is 15.2. The van der Waals surface area contributed by atoms with Crippen molar-refractivity contribution in [1.29, 1.82) is 0 Å². The van der Waals surface area contributed by atoms with Crippen molar-refractivity contribution in [2.24, 2.45) is 0 Å². The Morgan fingerprint density at radius 3 is 3.00 bits per heavy atom. The van der Waals surface area contributed by atoms with E-state index in [-0.39, 0.29) is 31.0 Å². The molecule has 1 unspecified atom stereocenters. The Kier molecular flexibility index (Phi) is 5.10. The predicted molar refractivity (Wildman–Crippen MR) is 75.4 cm³/mol. The summed E-state index contributed by atoms with van der Waals surface area (Å²) in [5.41, 5.74) is 0.491. The van der Waals surface area contributed by atoms with Crippen LogP contribution in [0.4, 0.5) is 14.9 Å². The van der Waals surface area contributed by atoms with Crippen LogP contribution in [0.5, 0.6) is 0 Å². The van der Waals surface area contributed by atoms with E-state index in [0.29, 0.717) is 25.2 Å². The molecule has 1 aromatic rings.